The molecule has 0 amide bonds. The zero-order chi connectivity index (χ0) is 13.0. The molecule has 0 heterocycles. The molecule has 0 atom stereocenters. The minimum Gasteiger partial charge on any atom is -0.378 e. The van der Waals surface area contributed by atoms with E-state index in [9.17, 15) is 0 Å². The Hall–Kier alpha value is -2.20. The molecule has 1 heteroatoms. The molecule has 0 aliphatic rings. The Kier molecular flexibility index (Phi) is 3.69. The van der Waals surface area contributed by atoms with Crippen molar-refractivity contribution < 1.29 is 0 Å². The van der Waals surface area contributed by atoms with Gasteiger partial charge in [0.1, 0.15) is 0 Å². The van der Waals surface area contributed by atoms with Crippen molar-refractivity contribution in [1.82, 2.24) is 0 Å². The third kappa shape index (κ3) is 3.15. The molecule has 0 aliphatic carbocycles. The number of nitrogens with zero attached hydrogens (tertiary/aromatic N) is 1. The number of aryl methyl sites for hydroxylation is 1. The van der Waals surface area contributed by atoms with Crippen molar-refractivity contribution in [2.45, 2.75) is 6.92 Å². The van der Waals surface area contributed by atoms with Crippen molar-refractivity contribution >= 4 is 5.69 Å². The third-order valence-electron chi connectivity index (χ3n) is 2.79. The second-order valence-electron chi connectivity index (χ2n) is 4.56. The topological polar surface area (TPSA) is 3.24 Å². The number of hydrogen-bond acceptors (Lipinski definition) is 1. The van der Waals surface area contributed by atoms with E-state index in [2.05, 4.69) is 72.2 Å². The van der Waals surface area contributed by atoms with Gasteiger partial charge in [-0.05, 0) is 43.3 Å². The highest BCUT2D eigenvalue weighted by Gasteiger charge is 1.93. The Labute approximate surface area is 109 Å². The summed E-state index contributed by atoms with van der Waals surface area (Å²) in [6, 6.07) is 16.5. The fraction of sp³-hybridized carbons (Fsp3) is 0.176. The quantitative estimate of drug-likeness (QED) is 0.684. The molecule has 0 bridgehead atoms. The van der Waals surface area contributed by atoms with Gasteiger partial charge >= 0.3 is 0 Å². The third-order valence-corrected chi connectivity index (χ3v) is 2.79. The van der Waals surface area contributed by atoms with Crippen LogP contribution in [0.3, 0.4) is 0 Å². The second-order valence-corrected chi connectivity index (χ2v) is 4.56. The van der Waals surface area contributed by atoms with Crippen LogP contribution >= 0.6 is 0 Å². The summed E-state index contributed by atoms with van der Waals surface area (Å²) >= 11 is 0. The van der Waals surface area contributed by atoms with Crippen LogP contribution in [0.2, 0.25) is 0 Å². The summed E-state index contributed by atoms with van der Waals surface area (Å²) in [4.78, 5) is 2.08. The van der Waals surface area contributed by atoms with Gasteiger partial charge in [0.15, 0.2) is 0 Å². The minimum atomic E-state index is 1.04. The number of anilines is 1. The summed E-state index contributed by atoms with van der Waals surface area (Å²) in [5.74, 6) is 6.35. The standard InChI is InChI=1S/C17H17N/c1-14-4-6-15(7-5-14)8-9-16-10-12-17(13-11-16)18(2)3/h4-7,10-13H,1-3H3. The molecule has 0 saturated carbocycles. The van der Waals surface area contributed by atoms with E-state index in [0.717, 1.165) is 11.1 Å². The predicted molar refractivity (Wildman–Crippen MR) is 77.9 cm³/mol. The Morgan fingerprint density at radius 3 is 1.61 bits per heavy atom. The molecule has 0 radical (unpaired) electrons. The first-order valence-electron chi connectivity index (χ1n) is 6.01. The molecule has 0 spiro atoms. The SMILES string of the molecule is Cc1ccc(C#Cc2ccc(N(C)C)cc2)cc1. The van der Waals surface area contributed by atoms with Gasteiger partial charge in [0.25, 0.3) is 0 Å². The van der Waals surface area contributed by atoms with Gasteiger partial charge in [-0.25, -0.2) is 0 Å². The molecule has 0 aromatic heterocycles. The Bertz CT molecular complexity index is 566. The van der Waals surface area contributed by atoms with E-state index in [0.29, 0.717) is 0 Å². The molecule has 2 aromatic carbocycles. The Balaban J connectivity index is 2.17. The molecular formula is C17H17N. The maximum atomic E-state index is 3.18. The van der Waals surface area contributed by atoms with Crippen LogP contribution in [0.5, 0.6) is 0 Å². The van der Waals surface area contributed by atoms with Gasteiger partial charge in [0, 0.05) is 30.9 Å². The van der Waals surface area contributed by atoms with Crippen LogP contribution in [0, 0.1) is 18.8 Å². The zero-order valence-corrected chi connectivity index (χ0v) is 11.1. The van der Waals surface area contributed by atoms with E-state index in [4.69, 9.17) is 0 Å². The lowest BCUT2D eigenvalue weighted by Crippen LogP contribution is -2.07. The highest BCUT2D eigenvalue weighted by Crippen LogP contribution is 2.11. The number of benzene rings is 2. The lowest BCUT2D eigenvalue weighted by molar-refractivity contribution is 1.13. The normalized spacial score (nSPS) is 9.50. The van der Waals surface area contributed by atoms with Gasteiger partial charge in [0.05, 0.1) is 0 Å². The summed E-state index contributed by atoms with van der Waals surface area (Å²) in [5.41, 5.74) is 4.55. The number of hydrogen-bond donors (Lipinski definition) is 0. The van der Waals surface area contributed by atoms with Crippen LogP contribution in [0.4, 0.5) is 5.69 Å². The monoisotopic (exact) mass is 235 g/mol. The van der Waals surface area contributed by atoms with Crippen molar-refractivity contribution in [3.63, 3.8) is 0 Å². The molecule has 18 heavy (non-hydrogen) atoms. The van der Waals surface area contributed by atoms with E-state index in [1.165, 1.54) is 11.3 Å². The predicted octanol–water partition coefficient (Wildman–Crippen LogP) is 3.46. The number of rotatable bonds is 1. The Morgan fingerprint density at radius 2 is 1.17 bits per heavy atom. The average Bonchev–Trinajstić information content (AvgIpc) is 2.38. The first kappa shape index (κ1) is 12.3. The smallest absolute Gasteiger partial charge is 0.0361 e. The molecule has 2 aromatic rings. The van der Waals surface area contributed by atoms with Gasteiger partial charge in [-0.2, -0.15) is 0 Å². The van der Waals surface area contributed by atoms with Gasteiger partial charge in [-0.3, -0.25) is 0 Å². The zero-order valence-electron chi connectivity index (χ0n) is 11.1. The fourth-order valence-electron chi connectivity index (χ4n) is 1.62. The van der Waals surface area contributed by atoms with Crippen molar-refractivity contribution in [2.24, 2.45) is 0 Å². The summed E-state index contributed by atoms with van der Waals surface area (Å²) in [5, 5.41) is 0. The van der Waals surface area contributed by atoms with Crippen LogP contribution in [-0.4, -0.2) is 14.1 Å². The van der Waals surface area contributed by atoms with Gasteiger partial charge < -0.3 is 4.90 Å². The molecule has 0 N–H and O–H groups in total. The maximum Gasteiger partial charge on any atom is 0.0361 e. The molecule has 90 valence electrons. The summed E-state index contributed by atoms with van der Waals surface area (Å²) < 4.78 is 0. The van der Waals surface area contributed by atoms with Crippen LogP contribution in [0.15, 0.2) is 48.5 Å². The Morgan fingerprint density at radius 1 is 0.722 bits per heavy atom. The van der Waals surface area contributed by atoms with Gasteiger partial charge in [-0.15, -0.1) is 0 Å². The van der Waals surface area contributed by atoms with Crippen LogP contribution in [0.1, 0.15) is 16.7 Å². The lowest BCUT2D eigenvalue weighted by atomic mass is 10.1. The molecule has 0 fully saturated rings. The highest BCUT2D eigenvalue weighted by atomic mass is 15.1. The van der Waals surface area contributed by atoms with Crippen LogP contribution in [0.25, 0.3) is 0 Å². The summed E-state index contributed by atoms with van der Waals surface area (Å²) in [7, 11) is 4.07. The summed E-state index contributed by atoms with van der Waals surface area (Å²) in [6.07, 6.45) is 0. The van der Waals surface area contributed by atoms with Crippen LogP contribution in [-0.2, 0) is 0 Å². The van der Waals surface area contributed by atoms with Crippen molar-refractivity contribution in [1.29, 1.82) is 0 Å². The van der Waals surface area contributed by atoms with E-state index >= 15 is 0 Å². The minimum absolute atomic E-state index is 1.04. The summed E-state index contributed by atoms with van der Waals surface area (Å²) in [6.45, 7) is 2.08. The molecule has 2 rings (SSSR count). The van der Waals surface area contributed by atoms with Gasteiger partial charge in [0.2, 0.25) is 0 Å². The van der Waals surface area contributed by atoms with E-state index in [-0.39, 0.29) is 0 Å². The molecule has 0 aliphatic heterocycles. The van der Waals surface area contributed by atoms with E-state index in [1.54, 1.807) is 0 Å². The molecule has 0 unspecified atom stereocenters. The largest absolute Gasteiger partial charge is 0.378 e. The average molecular weight is 235 g/mol. The fourth-order valence-corrected chi connectivity index (χ4v) is 1.62. The van der Waals surface area contributed by atoms with E-state index in [1.807, 2.05) is 14.1 Å². The van der Waals surface area contributed by atoms with Crippen LogP contribution < -0.4 is 4.90 Å². The van der Waals surface area contributed by atoms with Crippen molar-refractivity contribution in [3.8, 4) is 11.8 Å². The first-order chi connectivity index (χ1) is 8.65. The van der Waals surface area contributed by atoms with Crippen molar-refractivity contribution in [2.75, 3.05) is 19.0 Å². The lowest BCUT2D eigenvalue weighted by Gasteiger charge is -2.11. The second kappa shape index (κ2) is 5.42. The molecule has 0 saturated heterocycles. The maximum absolute atomic E-state index is 3.18. The van der Waals surface area contributed by atoms with Crippen molar-refractivity contribution in [3.05, 3.63) is 65.2 Å². The molecular weight excluding hydrogens is 218 g/mol. The van der Waals surface area contributed by atoms with Gasteiger partial charge in [-0.1, -0.05) is 29.5 Å². The van der Waals surface area contributed by atoms with E-state index < -0.39 is 0 Å². The highest BCUT2D eigenvalue weighted by molar-refractivity contribution is 5.51. The molecule has 1 nitrogen and oxygen atoms in total. The first-order valence-corrected chi connectivity index (χ1v) is 6.01.